The number of aliphatic hydroxyl groups is 1. The number of hydrogen-bond donors (Lipinski definition) is 2. The number of nitrogens with two attached hydrogens (primary N) is 1. The maximum atomic E-state index is 10.1. The molecular weight excluding hydrogens is 274 g/mol. The summed E-state index contributed by atoms with van der Waals surface area (Å²) in [5.74, 6) is 0.575. The Kier molecular flexibility index (Phi) is 3.68. The molecule has 4 nitrogen and oxygen atoms in total. The summed E-state index contributed by atoms with van der Waals surface area (Å²) in [4.78, 5) is 0. The highest BCUT2D eigenvalue weighted by Gasteiger charge is 2.27. The molecule has 1 saturated carbocycles. The van der Waals surface area contributed by atoms with Crippen molar-refractivity contribution in [3.05, 3.63) is 35.4 Å². The van der Waals surface area contributed by atoms with Gasteiger partial charge in [0.1, 0.15) is 5.82 Å². The standard InChI is InChI=1S/C15H18ClN3O/c16-11-6-2-1-5-10(11)12-9-15(17)19(18-12)13-7-3-4-8-14(13)20/h1-2,5-6,9,13-14,20H,3-4,7-8,17H2. The van der Waals surface area contributed by atoms with E-state index in [2.05, 4.69) is 5.10 Å². The summed E-state index contributed by atoms with van der Waals surface area (Å²) in [6.45, 7) is 0. The van der Waals surface area contributed by atoms with Crippen molar-refractivity contribution in [2.45, 2.75) is 37.8 Å². The van der Waals surface area contributed by atoms with Gasteiger partial charge >= 0.3 is 0 Å². The average Bonchev–Trinajstić information content (AvgIpc) is 2.81. The third-order valence-corrected chi connectivity index (χ3v) is 4.25. The van der Waals surface area contributed by atoms with E-state index in [1.54, 1.807) is 4.68 Å². The molecule has 20 heavy (non-hydrogen) atoms. The van der Waals surface area contributed by atoms with E-state index in [-0.39, 0.29) is 12.1 Å². The fourth-order valence-electron chi connectivity index (χ4n) is 2.85. The zero-order valence-corrected chi connectivity index (χ0v) is 11.9. The lowest BCUT2D eigenvalue weighted by atomic mass is 9.93. The first-order valence-corrected chi connectivity index (χ1v) is 7.32. The van der Waals surface area contributed by atoms with Crippen molar-refractivity contribution in [3.8, 4) is 11.3 Å². The number of anilines is 1. The molecule has 1 aromatic heterocycles. The fraction of sp³-hybridized carbons (Fsp3) is 0.400. The number of nitrogens with zero attached hydrogens (tertiary/aromatic N) is 2. The largest absolute Gasteiger partial charge is 0.391 e. The van der Waals surface area contributed by atoms with Crippen molar-refractivity contribution in [3.63, 3.8) is 0 Å². The van der Waals surface area contributed by atoms with Gasteiger partial charge in [-0.05, 0) is 18.9 Å². The van der Waals surface area contributed by atoms with E-state index in [1.165, 1.54) is 0 Å². The first kappa shape index (κ1) is 13.5. The van der Waals surface area contributed by atoms with E-state index >= 15 is 0 Å². The number of halogens is 1. The molecule has 2 aromatic rings. The third-order valence-electron chi connectivity index (χ3n) is 3.92. The molecule has 1 heterocycles. The Morgan fingerprint density at radius 1 is 1.25 bits per heavy atom. The van der Waals surface area contributed by atoms with Crippen LogP contribution in [0.3, 0.4) is 0 Å². The molecule has 2 atom stereocenters. The number of rotatable bonds is 2. The molecule has 5 heteroatoms. The summed E-state index contributed by atoms with van der Waals surface area (Å²) in [5, 5.41) is 15.4. The Hall–Kier alpha value is -1.52. The van der Waals surface area contributed by atoms with E-state index in [4.69, 9.17) is 17.3 Å². The lowest BCUT2D eigenvalue weighted by molar-refractivity contribution is 0.0707. The predicted octanol–water partition coefficient (Wildman–Crippen LogP) is 3.26. The van der Waals surface area contributed by atoms with Crippen LogP contribution in [0.25, 0.3) is 11.3 Å². The highest BCUT2D eigenvalue weighted by molar-refractivity contribution is 6.33. The average molecular weight is 292 g/mol. The highest BCUT2D eigenvalue weighted by atomic mass is 35.5. The normalized spacial score (nSPS) is 22.9. The van der Waals surface area contributed by atoms with Crippen molar-refractivity contribution in [2.24, 2.45) is 0 Å². The van der Waals surface area contributed by atoms with Crippen molar-refractivity contribution in [1.29, 1.82) is 0 Å². The van der Waals surface area contributed by atoms with Crippen LogP contribution in [0.5, 0.6) is 0 Å². The van der Waals surface area contributed by atoms with E-state index < -0.39 is 0 Å². The molecule has 0 saturated heterocycles. The fourth-order valence-corrected chi connectivity index (χ4v) is 3.08. The summed E-state index contributed by atoms with van der Waals surface area (Å²) in [7, 11) is 0. The Morgan fingerprint density at radius 3 is 2.75 bits per heavy atom. The second-order valence-corrected chi connectivity index (χ2v) is 5.71. The van der Waals surface area contributed by atoms with E-state index in [9.17, 15) is 5.11 Å². The van der Waals surface area contributed by atoms with Crippen LogP contribution in [-0.2, 0) is 0 Å². The molecule has 0 bridgehead atoms. The number of benzene rings is 1. The van der Waals surface area contributed by atoms with Gasteiger partial charge in [-0.3, -0.25) is 0 Å². The first-order chi connectivity index (χ1) is 9.66. The van der Waals surface area contributed by atoms with Gasteiger partial charge in [-0.25, -0.2) is 4.68 Å². The number of aliphatic hydroxyl groups excluding tert-OH is 1. The van der Waals surface area contributed by atoms with Crippen molar-refractivity contribution in [2.75, 3.05) is 5.73 Å². The summed E-state index contributed by atoms with van der Waals surface area (Å²) in [5.41, 5.74) is 7.69. The monoisotopic (exact) mass is 291 g/mol. The minimum atomic E-state index is -0.370. The zero-order chi connectivity index (χ0) is 14.1. The van der Waals surface area contributed by atoms with Gasteiger partial charge in [0, 0.05) is 11.6 Å². The van der Waals surface area contributed by atoms with Gasteiger partial charge in [-0.15, -0.1) is 0 Å². The maximum Gasteiger partial charge on any atom is 0.122 e. The van der Waals surface area contributed by atoms with Crippen LogP contribution in [0.15, 0.2) is 30.3 Å². The zero-order valence-electron chi connectivity index (χ0n) is 11.2. The molecule has 0 aliphatic heterocycles. The number of nitrogen functional groups attached to an aromatic ring is 1. The van der Waals surface area contributed by atoms with Gasteiger partial charge in [0.2, 0.25) is 0 Å². The van der Waals surface area contributed by atoms with Crippen LogP contribution < -0.4 is 5.73 Å². The van der Waals surface area contributed by atoms with Gasteiger partial charge in [-0.1, -0.05) is 42.6 Å². The maximum absolute atomic E-state index is 10.1. The van der Waals surface area contributed by atoms with Crippen LogP contribution in [-0.4, -0.2) is 21.0 Å². The Morgan fingerprint density at radius 2 is 2.00 bits per heavy atom. The molecule has 1 fully saturated rings. The molecule has 0 amide bonds. The summed E-state index contributed by atoms with van der Waals surface area (Å²) in [6.07, 6.45) is 3.52. The Labute approximate surface area is 123 Å². The van der Waals surface area contributed by atoms with E-state index in [0.29, 0.717) is 10.8 Å². The van der Waals surface area contributed by atoms with Gasteiger partial charge in [0.05, 0.1) is 22.9 Å². The summed E-state index contributed by atoms with van der Waals surface area (Å²) >= 11 is 6.20. The molecule has 106 valence electrons. The SMILES string of the molecule is Nc1cc(-c2ccccc2Cl)nn1C1CCCCC1O. The van der Waals surface area contributed by atoms with Gasteiger partial charge in [0.15, 0.2) is 0 Å². The minimum Gasteiger partial charge on any atom is -0.391 e. The van der Waals surface area contributed by atoms with Crippen LogP contribution in [0, 0.1) is 0 Å². The molecular formula is C15H18ClN3O. The van der Waals surface area contributed by atoms with Crippen LogP contribution in [0.2, 0.25) is 5.02 Å². The molecule has 1 aliphatic carbocycles. The smallest absolute Gasteiger partial charge is 0.122 e. The van der Waals surface area contributed by atoms with Crippen LogP contribution in [0.4, 0.5) is 5.82 Å². The van der Waals surface area contributed by atoms with E-state index in [0.717, 1.165) is 36.9 Å². The molecule has 3 N–H and O–H groups in total. The molecule has 0 radical (unpaired) electrons. The third kappa shape index (κ3) is 2.41. The van der Waals surface area contributed by atoms with Gasteiger partial charge in [-0.2, -0.15) is 5.10 Å². The molecule has 1 aliphatic rings. The number of aromatic nitrogens is 2. The Bertz CT molecular complexity index is 611. The minimum absolute atomic E-state index is 0.0278. The van der Waals surface area contributed by atoms with Crippen LogP contribution >= 0.6 is 11.6 Å². The van der Waals surface area contributed by atoms with Crippen molar-refractivity contribution < 1.29 is 5.11 Å². The molecule has 2 unspecified atom stereocenters. The summed E-state index contributed by atoms with van der Waals surface area (Å²) < 4.78 is 1.75. The lowest BCUT2D eigenvalue weighted by Gasteiger charge is -2.28. The first-order valence-electron chi connectivity index (χ1n) is 6.95. The quantitative estimate of drug-likeness (QED) is 0.892. The highest BCUT2D eigenvalue weighted by Crippen LogP contribution is 2.33. The second-order valence-electron chi connectivity index (χ2n) is 5.30. The van der Waals surface area contributed by atoms with Gasteiger partial charge < -0.3 is 10.8 Å². The van der Waals surface area contributed by atoms with Crippen LogP contribution in [0.1, 0.15) is 31.7 Å². The van der Waals surface area contributed by atoms with E-state index in [1.807, 2.05) is 30.3 Å². The predicted molar refractivity (Wildman–Crippen MR) is 80.6 cm³/mol. The molecule has 0 spiro atoms. The summed E-state index contributed by atoms with van der Waals surface area (Å²) in [6, 6.07) is 9.36. The number of hydrogen-bond acceptors (Lipinski definition) is 3. The van der Waals surface area contributed by atoms with Gasteiger partial charge in [0.25, 0.3) is 0 Å². The lowest BCUT2D eigenvalue weighted by Crippen LogP contribution is -2.29. The molecule has 1 aromatic carbocycles. The molecule has 3 rings (SSSR count). The second kappa shape index (κ2) is 5.46. The topological polar surface area (TPSA) is 64.1 Å². The van der Waals surface area contributed by atoms with Crippen molar-refractivity contribution >= 4 is 17.4 Å². The Balaban J connectivity index is 1.97. The van der Waals surface area contributed by atoms with Crippen molar-refractivity contribution in [1.82, 2.24) is 9.78 Å².